The number of unbranched alkanes of at least 4 members (excludes halogenated alkanes) is 5. The second-order valence-electron chi connectivity index (χ2n) is 2.57. The normalized spacial score (nSPS) is 9.27. The topological polar surface area (TPSA) is 40.5 Å². The molecule has 0 saturated carbocycles. The molecular formula is C8H20CaO2. The Labute approximate surface area is 99.0 Å². The summed E-state index contributed by atoms with van der Waals surface area (Å²) in [6, 6.07) is 0. The molecule has 3 heteroatoms. The third-order valence-electron chi connectivity index (χ3n) is 1.57. The van der Waals surface area contributed by atoms with E-state index >= 15 is 0 Å². The van der Waals surface area contributed by atoms with Crippen molar-refractivity contribution in [2.45, 2.75) is 38.5 Å². The van der Waals surface area contributed by atoms with E-state index in [1.807, 2.05) is 0 Å². The van der Waals surface area contributed by atoms with Crippen LogP contribution in [0.4, 0.5) is 0 Å². The molecule has 0 atom stereocenters. The van der Waals surface area contributed by atoms with Gasteiger partial charge in [0, 0.05) is 13.2 Å². The fraction of sp³-hybridized carbons (Fsp3) is 1.00. The zero-order valence-electron chi connectivity index (χ0n) is 6.55. The zero-order chi connectivity index (χ0) is 7.66. The summed E-state index contributed by atoms with van der Waals surface area (Å²) >= 11 is 0. The first kappa shape index (κ1) is 14.7. The van der Waals surface area contributed by atoms with Gasteiger partial charge in [-0.3, -0.25) is 0 Å². The van der Waals surface area contributed by atoms with Crippen molar-refractivity contribution < 1.29 is 10.2 Å². The summed E-state index contributed by atoms with van der Waals surface area (Å²) in [6.45, 7) is 0.639. The monoisotopic (exact) mass is 188 g/mol. The predicted octanol–water partition coefficient (Wildman–Crippen LogP) is 0.395. The summed E-state index contributed by atoms with van der Waals surface area (Å²) in [6.07, 6.45) is 6.50. The molecule has 0 aromatic rings. The Bertz CT molecular complexity index is 52.1. The first-order valence-corrected chi connectivity index (χ1v) is 4.13. The first-order chi connectivity index (χ1) is 4.91. The van der Waals surface area contributed by atoms with E-state index in [4.69, 9.17) is 10.2 Å². The van der Waals surface area contributed by atoms with E-state index in [1.165, 1.54) is 12.8 Å². The van der Waals surface area contributed by atoms with Crippen molar-refractivity contribution in [2.24, 2.45) is 0 Å². The molecule has 0 heterocycles. The van der Waals surface area contributed by atoms with Crippen LogP contribution in [0, 0.1) is 0 Å². The van der Waals surface area contributed by atoms with Gasteiger partial charge in [0.1, 0.15) is 0 Å². The Hall–Kier alpha value is 1.18. The Morgan fingerprint density at radius 1 is 0.545 bits per heavy atom. The molecular weight excluding hydrogens is 168 g/mol. The second-order valence-corrected chi connectivity index (χ2v) is 2.57. The third kappa shape index (κ3) is 14.1. The number of aliphatic hydroxyl groups is 2. The summed E-state index contributed by atoms with van der Waals surface area (Å²) in [5.41, 5.74) is 0. The number of hydrogen-bond donors (Lipinski definition) is 2. The van der Waals surface area contributed by atoms with Crippen LogP contribution >= 0.6 is 0 Å². The van der Waals surface area contributed by atoms with Crippen LogP contribution in [0.3, 0.4) is 0 Å². The van der Waals surface area contributed by atoms with Gasteiger partial charge in [0.25, 0.3) is 0 Å². The van der Waals surface area contributed by atoms with E-state index in [2.05, 4.69) is 0 Å². The average Bonchev–Trinajstić information content (AvgIpc) is 1.97. The van der Waals surface area contributed by atoms with Gasteiger partial charge in [-0.1, -0.05) is 25.7 Å². The summed E-state index contributed by atoms with van der Waals surface area (Å²) in [4.78, 5) is 0. The Morgan fingerprint density at radius 3 is 1.09 bits per heavy atom. The van der Waals surface area contributed by atoms with Crippen molar-refractivity contribution in [3.63, 3.8) is 0 Å². The van der Waals surface area contributed by atoms with Gasteiger partial charge < -0.3 is 10.2 Å². The predicted molar refractivity (Wildman–Crippen MR) is 50.4 cm³/mol. The summed E-state index contributed by atoms with van der Waals surface area (Å²) in [5, 5.41) is 16.9. The molecule has 0 spiro atoms. The molecule has 11 heavy (non-hydrogen) atoms. The van der Waals surface area contributed by atoms with Gasteiger partial charge in [-0.05, 0) is 12.8 Å². The molecule has 2 N–H and O–H groups in total. The van der Waals surface area contributed by atoms with Crippen LogP contribution in [-0.2, 0) is 0 Å². The summed E-state index contributed by atoms with van der Waals surface area (Å²) in [7, 11) is 0. The van der Waals surface area contributed by atoms with Crippen LogP contribution in [0.25, 0.3) is 0 Å². The molecule has 0 aliphatic carbocycles. The van der Waals surface area contributed by atoms with Crippen LogP contribution in [0.1, 0.15) is 38.5 Å². The van der Waals surface area contributed by atoms with Crippen molar-refractivity contribution >= 4 is 37.7 Å². The maximum atomic E-state index is 8.43. The minimum atomic E-state index is 0. The molecule has 0 radical (unpaired) electrons. The van der Waals surface area contributed by atoms with Gasteiger partial charge in [0.15, 0.2) is 0 Å². The minimum absolute atomic E-state index is 0. The van der Waals surface area contributed by atoms with E-state index in [9.17, 15) is 0 Å². The average molecular weight is 188 g/mol. The van der Waals surface area contributed by atoms with Gasteiger partial charge >= 0.3 is 37.7 Å². The molecule has 0 rings (SSSR count). The second kappa shape index (κ2) is 13.7. The number of hydrogen-bond acceptors (Lipinski definition) is 2. The number of aliphatic hydroxyl groups excluding tert-OH is 2. The molecule has 2 nitrogen and oxygen atoms in total. The molecule has 0 unspecified atom stereocenters. The Balaban J connectivity index is 0. The van der Waals surface area contributed by atoms with Gasteiger partial charge in [-0.25, -0.2) is 0 Å². The molecule has 0 aliphatic heterocycles. The molecule has 0 saturated heterocycles. The Kier molecular flexibility index (Phi) is 18.4. The van der Waals surface area contributed by atoms with E-state index < -0.39 is 0 Å². The zero-order valence-corrected chi connectivity index (χ0v) is 6.55. The molecule has 0 amide bonds. The van der Waals surface area contributed by atoms with Crippen molar-refractivity contribution in [1.82, 2.24) is 0 Å². The van der Waals surface area contributed by atoms with E-state index in [-0.39, 0.29) is 37.7 Å². The fourth-order valence-corrected chi connectivity index (χ4v) is 0.931. The van der Waals surface area contributed by atoms with Crippen LogP contribution < -0.4 is 0 Å². The molecule has 0 aliphatic rings. The van der Waals surface area contributed by atoms with E-state index in [0.29, 0.717) is 13.2 Å². The molecule has 66 valence electrons. The molecule has 0 aromatic heterocycles. The van der Waals surface area contributed by atoms with Crippen LogP contribution in [0.5, 0.6) is 0 Å². The van der Waals surface area contributed by atoms with Crippen LogP contribution in [-0.4, -0.2) is 61.2 Å². The van der Waals surface area contributed by atoms with Gasteiger partial charge in [0.2, 0.25) is 0 Å². The van der Waals surface area contributed by atoms with Gasteiger partial charge in [0.05, 0.1) is 0 Å². The maximum absolute atomic E-state index is 8.43. The molecule has 0 aromatic carbocycles. The SMILES string of the molecule is OCCCCCCCCO.[CaH2]. The standard InChI is InChI=1S/C8H18O2.Ca.2H/c9-7-5-3-1-2-4-6-8-10;;;/h9-10H,1-8H2;;;. The molecule has 0 bridgehead atoms. The van der Waals surface area contributed by atoms with Crippen LogP contribution in [0.2, 0.25) is 0 Å². The summed E-state index contributed by atoms with van der Waals surface area (Å²) < 4.78 is 0. The van der Waals surface area contributed by atoms with Crippen molar-refractivity contribution in [2.75, 3.05) is 13.2 Å². The fourth-order valence-electron chi connectivity index (χ4n) is 0.931. The van der Waals surface area contributed by atoms with Gasteiger partial charge in [-0.15, -0.1) is 0 Å². The Morgan fingerprint density at radius 2 is 0.818 bits per heavy atom. The van der Waals surface area contributed by atoms with Crippen LogP contribution in [0.15, 0.2) is 0 Å². The van der Waals surface area contributed by atoms with Crippen molar-refractivity contribution in [3.05, 3.63) is 0 Å². The van der Waals surface area contributed by atoms with Crippen molar-refractivity contribution in [1.29, 1.82) is 0 Å². The first-order valence-electron chi connectivity index (χ1n) is 4.13. The van der Waals surface area contributed by atoms with Crippen molar-refractivity contribution in [3.8, 4) is 0 Å². The summed E-state index contributed by atoms with van der Waals surface area (Å²) in [5.74, 6) is 0. The van der Waals surface area contributed by atoms with Gasteiger partial charge in [-0.2, -0.15) is 0 Å². The third-order valence-corrected chi connectivity index (χ3v) is 1.57. The van der Waals surface area contributed by atoms with E-state index in [1.54, 1.807) is 0 Å². The van der Waals surface area contributed by atoms with E-state index in [0.717, 1.165) is 25.7 Å². The quantitative estimate of drug-likeness (QED) is 0.448. The molecule has 0 fully saturated rings. The number of rotatable bonds is 7.